The topological polar surface area (TPSA) is 49.8 Å². The van der Waals surface area contributed by atoms with Crippen LogP contribution in [-0.4, -0.2) is 23.6 Å². The summed E-state index contributed by atoms with van der Waals surface area (Å²) in [5, 5.41) is 6.81. The molecule has 0 atom stereocenters. The first-order chi connectivity index (χ1) is 9.83. The maximum atomic E-state index is 4.48. The number of rotatable bonds is 8. The fraction of sp³-hybridized carbons (Fsp3) is 0.750. The van der Waals surface area contributed by atoms with Crippen molar-refractivity contribution in [2.75, 3.05) is 24.2 Å². The minimum absolute atomic E-state index is 0.873. The molecule has 1 aromatic rings. The Bertz CT molecular complexity index is 440. The zero-order valence-corrected chi connectivity index (χ0v) is 12.7. The van der Waals surface area contributed by atoms with E-state index in [1.165, 1.54) is 31.2 Å². The van der Waals surface area contributed by atoms with E-state index in [9.17, 15) is 0 Å². The van der Waals surface area contributed by atoms with Crippen LogP contribution in [0.2, 0.25) is 0 Å². The molecule has 0 bridgehead atoms. The molecule has 3 rings (SSSR count). The van der Waals surface area contributed by atoms with E-state index in [1.807, 2.05) is 7.05 Å². The molecule has 1 heterocycles. The van der Waals surface area contributed by atoms with Gasteiger partial charge in [0.15, 0.2) is 0 Å². The maximum absolute atomic E-state index is 4.48. The SMILES string of the molecule is CCCc1c(NC)ncnc1NCC(C1CC1)C1CC1. The third-order valence-electron chi connectivity index (χ3n) is 4.64. The lowest BCUT2D eigenvalue weighted by Crippen LogP contribution is -2.20. The highest BCUT2D eigenvalue weighted by Crippen LogP contribution is 2.49. The Labute approximate surface area is 121 Å². The predicted molar refractivity (Wildman–Crippen MR) is 83.0 cm³/mol. The molecule has 2 fully saturated rings. The molecule has 0 aliphatic heterocycles. The number of anilines is 2. The molecule has 20 heavy (non-hydrogen) atoms. The van der Waals surface area contributed by atoms with E-state index in [-0.39, 0.29) is 0 Å². The van der Waals surface area contributed by atoms with E-state index in [4.69, 9.17) is 0 Å². The van der Waals surface area contributed by atoms with Crippen molar-refractivity contribution >= 4 is 11.6 Å². The minimum Gasteiger partial charge on any atom is -0.373 e. The molecule has 110 valence electrons. The van der Waals surface area contributed by atoms with Gasteiger partial charge in [0, 0.05) is 19.2 Å². The van der Waals surface area contributed by atoms with Crippen molar-refractivity contribution in [2.24, 2.45) is 17.8 Å². The summed E-state index contributed by atoms with van der Waals surface area (Å²) in [6, 6.07) is 0. The second-order valence-corrected chi connectivity index (χ2v) is 6.27. The Kier molecular flexibility index (Phi) is 4.08. The van der Waals surface area contributed by atoms with Gasteiger partial charge in [-0.25, -0.2) is 9.97 Å². The van der Waals surface area contributed by atoms with Crippen molar-refractivity contribution < 1.29 is 0 Å². The highest BCUT2D eigenvalue weighted by Gasteiger charge is 2.41. The average Bonchev–Trinajstić information content (AvgIpc) is 3.34. The van der Waals surface area contributed by atoms with Crippen molar-refractivity contribution in [1.29, 1.82) is 0 Å². The molecule has 4 nitrogen and oxygen atoms in total. The van der Waals surface area contributed by atoms with E-state index < -0.39 is 0 Å². The lowest BCUT2D eigenvalue weighted by Gasteiger charge is -2.19. The quantitative estimate of drug-likeness (QED) is 0.763. The average molecular weight is 274 g/mol. The van der Waals surface area contributed by atoms with E-state index in [0.717, 1.165) is 48.8 Å². The molecule has 2 saturated carbocycles. The van der Waals surface area contributed by atoms with Crippen LogP contribution in [0.4, 0.5) is 11.6 Å². The van der Waals surface area contributed by atoms with Gasteiger partial charge in [-0.2, -0.15) is 0 Å². The van der Waals surface area contributed by atoms with Crippen molar-refractivity contribution in [1.82, 2.24) is 9.97 Å². The van der Waals surface area contributed by atoms with Gasteiger partial charge in [-0.1, -0.05) is 13.3 Å². The molecule has 2 aliphatic carbocycles. The molecule has 1 aromatic heterocycles. The highest BCUT2D eigenvalue weighted by atomic mass is 15.1. The van der Waals surface area contributed by atoms with Crippen LogP contribution in [0.1, 0.15) is 44.6 Å². The molecule has 4 heteroatoms. The minimum atomic E-state index is 0.873. The number of nitrogens with one attached hydrogen (secondary N) is 2. The van der Waals surface area contributed by atoms with Crippen molar-refractivity contribution in [3.63, 3.8) is 0 Å². The second kappa shape index (κ2) is 5.98. The Morgan fingerprint density at radius 1 is 1.15 bits per heavy atom. The summed E-state index contributed by atoms with van der Waals surface area (Å²) < 4.78 is 0. The highest BCUT2D eigenvalue weighted by molar-refractivity contribution is 5.57. The summed E-state index contributed by atoms with van der Waals surface area (Å²) >= 11 is 0. The number of hydrogen-bond donors (Lipinski definition) is 2. The van der Waals surface area contributed by atoms with E-state index in [1.54, 1.807) is 6.33 Å². The molecule has 0 saturated heterocycles. The molecule has 2 aliphatic rings. The third-order valence-corrected chi connectivity index (χ3v) is 4.64. The van der Waals surface area contributed by atoms with E-state index in [2.05, 4.69) is 27.5 Å². The van der Waals surface area contributed by atoms with Crippen LogP contribution in [0.15, 0.2) is 6.33 Å². The molecular formula is C16H26N4. The number of nitrogens with zero attached hydrogens (tertiary/aromatic N) is 2. The van der Waals surface area contributed by atoms with Gasteiger partial charge < -0.3 is 10.6 Å². The zero-order valence-electron chi connectivity index (χ0n) is 12.7. The number of hydrogen-bond acceptors (Lipinski definition) is 4. The van der Waals surface area contributed by atoms with Gasteiger partial charge in [-0.3, -0.25) is 0 Å². The molecule has 0 unspecified atom stereocenters. The Hall–Kier alpha value is -1.32. The van der Waals surface area contributed by atoms with Crippen LogP contribution in [0.5, 0.6) is 0 Å². The van der Waals surface area contributed by atoms with E-state index >= 15 is 0 Å². The lowest BCUT2D eigenvalue weighted by atomic mass is 9.98. The second-order valence-electron chi connectivity index (χ2n) is 6.27. The van der Waals surface area contributed by atoms with Crippen LogP contribution >= 0.6 is 0 Å². The fourth-order valence-electron chi connectivity index (χ4n) is 3.25. The summed E-state index contributed by atoms with van der Waals surface area (Å²) in [5.74, 6) is 4.85. The first kappa shape index (κ1) is 13.7. The predicted octanol–water partition coefficient (Wildman–Crippen LogP) is 3.32. The van der Waals surface area contributed by atoms with Gasteiger partial charge >= 0.3 is 0 Å². The monoisotopic (exact) mass is 274 g/mol. The summed E-state index contributed by atoms with van der Waals surface area (Å²) in [6.45, 7) is 3.29. The van der Waals surface area contributed by atoms with Crippen LogP contribution in [0.3, 0.4) is 0 Å². The normalized spacial score (nSPS) is 18.4. The molecule has 0 aromatic carbocycles. The third kappa shape index (κ3) is 3.05. The van der Waals surface area contributed by atoms with Gasteiger partial charge in [0.05, 0.1) is 0 Å². The maximum Gasteiger partial charge on any atom is 0.134 e. The molecule has 0 amide bonds. The smallest absolute Gasteiger partial charge is 0.134 e. The fourth-order valence-corrected chi connectivity index (χ4v) is 3.25. The first-order valence-corrected chi connectivity index (χ1v) is 8.09. The van der Waals surface area contributed by atoms with Gasteiger partial charge in [0.25, 0.3) is 0 Å². The largest absolute Gasteiger partial charge is 0.373 e. The number of aromatic nitrogens is 2. The van der Waals surface area contributed by atoms with Crippen molar-refractivity contribution in [2.45, 2.75) is 45.4 Å². The van der Waals surface area contributed by atoms with Crippen LogP contribution in [0.25, 0.3) is 0 Å². The molecule has 2 N–H and O–H groups in total. The van der Waals surface area contributed by atoms with Crippen LogP contribution < -0.4 is 10.6 Å². The Balaban J connectivity index is 1.69. The zero-order chi connectivity index (χ0) is 13.9. The van der Waals surface area contributed by atoms with Crippen molar-refractivity contribution in [3.05, 3.63) is 11.9 Å². The summed E-state index contributed by atoms with van der Waals surface area (Å²) in [6.07, 6.45) is 9.57. The molecule has 0 spiro atoms. The Morgan fingerprint density at radius 3 is 2.35 bits per heavy atom. The lowest BCUT2D eigenvalue weighted by molar-refractivity contribution is 0.427. The van der Waals surface area contributed by atoms with Crippen LogP contribution in [0, 0.1) is 17.8 Å². The van der Waals surface area contributed by atoms with Gasteiger partial charge in [-0.15, -0.1) is 0 Å². The summed E-state index contributed by atoms with van der Waals surface area (Å²) in [4.78, 5) is 8.81. The summed E-state index contributed by atoms with van der Waals surface area (Å²) in [5.41, 5.74) is 1.24. The van der Waals surface area contributed by atoms with Gasteiger partial charge in [0.2, 0.25) is 0 Å². The van der Waals surface area contributed by atoms with Gasteiger partial charge in [-0.05, 0) is 49.9 Å². The Morgan fingerprint density at radius 2 is 1.80 bits per heavy atom. The standard InChI is InChI=1S/C16H26N4/c1-3-4-13-15(17-2)19-10-20-16(13)18-9-14(11-5-6-11)12-7-8-12/h10-12,14H,3-9H2,1-2H3,(H2,17,18,19,20). The molecular weight excluding hydrogens is 248 g/mol. The molecule has 0 radical (unpaired) electrons. The first-order valence-electron chi connectivity index (χ1n) is 8.09. The van der Waals surface area contributed by atoms with Crippen molar-refractivity contribution in [3.8, 4) is 0 Å². The summed E-state index contributed by atoms with van der Waals surface area (Å²) in [7, 11) is 1.93. The van der Waals surface area contributed by atoms with E-state index in [0.29, 0.717) is 0 Å². The van der Waals surface area contributed by atoms with Crippen LogP contribution in [-0.2, 0) is 6.42 Å². The van der Waals surface area contributed by atoms with Gasteiger partial charge in [0.1, 0.15) is 18.0 Å².